The summed E-state index contributed by atoms with van der Waals surface area (Å²) in [5, 5.41) is -0.0859. The van der Waals surface area contributed by atoms with Crippen molar-refractivity contribution in [1.29, 1.82) is 0 Å². The summed E-state index contributed by atoms with van der Waals surface area (Å²) in [6.45, 7) is 0.742. The van der Waals surface area contributed by atoms with Crippen molar-refractivity contribution in [3.63, 3.8) is 0 Å². The molecule has 0 bridgehead atoms. The van der Waals surface area contributed by atoms with Crippen molar-refractivity contribution < 1.29 is 8.42 Å². The van der Waals surface area contributed by atoms with Crippen molar-refractivity contribution >= 4 is 19.7 Å². The maximum absolute atomic E-state index is 11.1. The zero-order chi connectivity index (χ0) is 13.7. The van der Waals surface area contributed by atoms with Crippen LogP contribution in [0.15, 0.2) is 47.9 Å². The van der Waals surface area contributed by atoms with Crippen LogP contribution in [0.25, 0.3) is 0 Å². The zero-order valence-corrected chi connectivity index (χ0v) is 11.9. The number of nitrogens with zero attached hydrogens (tertiary/aromatic N) is 2. The largest absolute Gasteiger partial charge is 0.336 e. The van der Waals surface area contributed by atoms with Crippen LogP contribution in [0.4, 0.5) is 0 Å². The molecule has 102 valence electrons. The number of aromatic nitrogens is 2. The molecule has 0 aliphatic rings. The van der Waals surface area contributed by atoms with Gasteiger partial charge < -0.3 is 4.57 Å². The van der Waals surface area contributed by atoms with E-state index in [0.29, 0.717) is 0 Å². The summed E-state index contributed by atoms with van der Waals surface area (Å²) in [6, 6.07) is 10.3. The van der Waals surface area contributed by atoms with Gasteiger partial charge in [-0.1, -0.05) is 30.3 Å². The molecular weight excluding hydrogens is 284 g/mol. The van der Waals surface area contributed by atoms with E-state index in [1.807, 2.05) is 18.2 Å². The average Bonchev–Trinajstić information content (AvgIpc) is 2.85. The second kappa shape index (κ2) is 6.21. The first-order valence-electron chi connectivity index (χ1n) is 6.06. The number of hydrogen-bond donors (Lipinski definition) is 0. The van der Waals surface area contributed by atoms with E-state index in [1.165, 1.54) is 18.1 Å². The number of hydrogen-bond acceptors (Lipinski definition) is 3. The standard InChI is InChI=1S/C13H15ClN2O2S/c14-19(17,18)13-10-16(11-15-13)9-5-4-8-12-6-2-1-3-7-12/h1-3,6-7,10-11H,4-5,8-9H2. The summed E-state index contributed by atoms with van der Waals surface area (Å²) < 4.78 is 23.9. The Labute approximate surface area is 117 Å². The van der Waals surface area contributed by atoms with Crippen LogP contribution in [-0.4, -0.2) is 18.0 Å². The van der Waals surface area contributed by atoms with Crippen LogP contribution in [0.2, 0.25) is 0 Å². The summed E-state index contributed by atoms with van der Waals surface area (Å²) in [6.07, 6.45) is 6.00. The van der Waals surface area contributed by atoms with Crippen LogP contribution >= 0.6 is 10.7 Å². The molecule has 1 aromatic heterocycles. The molecule has 0 saturated heterocycles. The monoisotopic (exact) mass is 298 g/mol. The van der Waals surface area contributed by atoms with Gasteiger partial charge in [-0.05, 0) is 24.8 Å². The minimum Gasteiger partial charge on any atom is -0.336 e. The van der Waals surface area contributed by atoms with E-state index in [2.05, 4.69) is 17.1 Å². The van der Waals surface area contributed by atoms with Crippen molar-refractivity contribution in [2.45, 2.75) is 30.8 Å². The van der Waals surface area contributed by atoms with E-state index in [1.54, 1.807) is 4.57 Å². The molecule has 0 spiro atoms. The fourth-order valence-corrected chi connectivity index (χ4v) is 2.53. The minimum absolute atomic E-state index is 0.0859. The topological polar surface area (TPSA) is 52.0 Å². The molecule has 0 aliphatic heterocycles. The lowest BCUT2D eigenvalue weighted by atomic mass is 10.1. The molecule has 4 nitrogen and oxygen atoms in total. The third kappa shape index (κ3) is 4.36. The Morgan fingerprint density at radius 3 is 2.53 bits per heavy atom. The zero-order valence-electron chi connectivity index (χ0n) is 10.4. The summed E-state index contributed by atoms with van der Waals surface area (Å²) >= 11 is 0. The highest BCUT2D eigenvalue weighted by molar-refractivity contribution is 8.13. The summed E-state index contributed by atoms with van der Waals surface area (Å²) in [5.41, 5.74) is 1.32. The van der Waals surface area contributed by atoms with Gasteiger partial charge in [0.05, 0.1) is 6.33 Å². The molecule has 0 radical (unpaired) electrons. The molecule has 0 atom stereocenters. The number of unbranched alkanes of at least 4 members (excludes halogenated alkanes) is 1. The average molecular weight is 299 g/mol. The number of benzene rings is 1. The second-order valence-electron chi connectivity index (χ2n) is 4.33. The van der Waals surface area contributed by atoms with Crippen molar-refractivity contribution in [2.24, 2.45) is 0 Å². The predicted molar refractivity (Wildman–Crippen MR) is 74.6 cm³/mol. The van der Waals surface area contributed by atoms with Crippen LogP contribution in [0, 0.1) is 0 Å². The number of rotatable bonds is 6. The van der Waals surface area contributed by atoms with E-state index >= 15 is 0 Å². The molecule has 1 aromatic carbocycles. The molecule has 0 amide bonds. The Kier molecular flexibility index (Phi) is 4.61. The van der Waals surface area contributed by atoms with Gasteiger partial charge in [-0.2, -0.15) is 0 Å². The summed E-state index contributed by atoms with van der Waals surface area (Å²) in [5.74, 6) is 0. The Morgan fingerprint density at radius 2 is 1.89 bits per heavy atom. The Balaban J connectivity index is 1.79. The van der Waals surface area contributed by atoms with Gasteiger partial charge in [0, 0.05) is 23.4 Å². The van der Waals surface area contributed by atoms with E-state index in [4.69, 9.17) is 10.7 Å². The summed E-state index contributed by atoms with van der Waals surface area (Å²) in [4.78, 5) is 3.77. The van der Waals surface area contributed by atoms with Crippen molar-refractivity contribution in [3.05, 3.63) is 48.4 Å². The molecule has 0 fully saturated rings. The maximum Gasteiger partial charge on any atom is 0.280 e. The molecule has 1 heterocycles. The van der Waals surface area contributed by atoms with Crippen LogP contribution in [0.1, 0.15) is 18.4 Å². The van der Waals surface area contributed by atoms with Gasteiger partial charge in [-0.25, -0.2) is 13.4 Å². The third-order valence-corrected chi connectivity index (χ3v) is 4.02. The van der Waals surface area contributed by atoms with Crippen LogP contribution in [-0.2, 0) is 22.0 Å². The highest BCUT2D eigenvalue weighted by Crippen LogP contribution is 2.12. The number of imidazole rings is 1. The van der Waals surface area contributed by atoms with Gasteiger partial charge in [0.1, 0.15) is 0 Å². The van der Waals surface area contributed by atoms with E-state index in [-0.39, 0.29) is 5.03 Å². The molecule has 2 rings (SSSR count). The van der Waals surface area contributed by atoms with Crippen molar-refractivity contribution in [2.75, 3.05) is 0 Å². The van der Waals surface area contributed by atoms with E-state index in [0.717, 1.165) is 25.8 Å². The first-order valence-corrected chi connectivity index (χ1v) is 8.37. The SMILES string of the molecule is O=S(=O)(Cl)c1cn(CCCCc2ccccc2)cn1. The summed E-state index contributed by atoms with van der Waals surface area (Å²) in [7, 11) is 1.49. The molecule has 0 saturated carbocycles. The van der Waals surface area contributed by atoms with E-state index in [9.17, 15) is 8.42 Å². The highest BCUT2D eigenvalue weighted by Gasteiger charge is 2.12. The number of aryl methyl sites for hydroxylation is 2. The van der Waals surface area contributed by atoms with Gasteiger partial charge in [-0.3, -0.25) is 0 Å². The number of halogens is 1. The first-order chi connectivity index (χ1) is 9.05. The third-order valence-electron chi connectivity index (χ3n) is 2.83. The minimum atomic E-state index is -3.72. The highest BCUT2D eigenvalue weighted by atomic mass is 35.7. The quantitative estimate of drug-likeness (QED) is 0.609. The van der Waals surface area contributed by atoms with Crippen molar-refractivity contribution in [1.82, 2.24) is 9.55 Å². The Hall–Kier alpha value is -1.33. The van der Waals surface area contributed by atoms with Crippen LogP contribution in [0.3, 0.4) is 0 Å². The maximum atomic E-state index is 11.1. The Morgan fingerprint density at radius 1 is 1.16 bits per heavy atom. The van der Waals surface area contributed by atoms with Gasteiger partial charge in [0.15, 0.2) is 5.03 Å². The lowest BCUT2D eigenvalue weighted by molar-refractivity contribution is 0.602. The van der Waals surface area contributed by atoms with Gasteiger partial charge in [0.25, 0.3) is 9.05 Å². The van der Waals surface area contributed by atoms with Gasteiger partial charge in [0.2, 0.25) is 0 Å². The normalized spacial score (nSPS) is 11.6. The van der Waals surface area contributed by atoms with Crippen LogP contribution in [0.5, 0.6) is 0 Å². The fraction of sp³-hybridized carbons (Fsp3) is 0.308. The molecule has 0 N–H and O–H groups in total. The predicted octanol–water partition coefficient (Wildman–Crippen LogP) is 2.83. The smallest absolute Gasteiger partial charge is 0.280 e. The molecule has 0 aliphatic carbocycles. The van der Waals surface area contributed by atoms with E-state index < -0.39 is 9.05 Å². The van der Waals surface area contributed by atoms with Gasteiger partial charge in [-0.15, -0.1) is 0 Å². The van der Waals surface area contributed by atoms with Gasteiger partial charge >= 0.3 is 0 Å². The molecule has 2 aromatic rings. The molecular formula is C13H15ClN2O2S. The lowest BCUT2D eigenvalue weighted by Gasteiger charge is -2.02. The molecule has 6 heteroatoms. The lowest BCUT2D eigenvalue weighted by Crippen LogP contribution is -1.96. The van der Waals surface area contributed by atoms with Crippen LogP contribution < -0.4 is 0 Å². The fourth-order valence-electron chi connectivity index (χ4n) is 1.86. The Bertz CT molecular complexity index is 623. The first kappa shape index (κ1) is 14.1. The molecule has 0 unspecified atom stereocenters. The molecule has 19 heavy (non-hydrogen) atoms. The van der Waals surface area contributed by atoms with Crippen molar-refractivity contribution in [3.8, 4) is 0 Å². The second-order valence-corrected chi connectivity index (χ2v) is 6.84.